The summed E-state index contributed by atoms with van der Waals surface area (Å²) < 4.78 is 6.87. The van der Waals surface area contributed by atoms with Gasteiger partial charge in [-0.1, -0.05) is 20.8 Å². The van der Waals surface area contributed by atoms with Crippen LogP contribution in [-0.2, 0) is 5.41 Å². The van der Waals surface area contributed by atoms with E-state index in [-0.39, 0.29) is 5.41 Å². The molecule has 1 N–H and O–H groups in total. The largest absolute Gasteiger partial charge is 0.542 e. The molecule has 2 nitrogen and oxygen atoms in total. The molecule has 0 saturated carbocycles. The third-order valence-corrected chi connectivity index (χ3v) is 4.46. The van der Waals surface area contributed by atoms with Crippen LogP contribution >= 0.6 is 15.9 Å². The molecule has 1 aromatic rings. The number of aromatic hydroxyl groups is 1. The Morgan fingerprint density at radius 1 is 1.11 bits per heavy atom. The van der Waals surface area contributed by atoms with E-state index in [1.165, 1.54) is 0 Å². The van der Waals surface area contributed by atoms with Gasteiger partial charge in [-0.2, -0.15) is 0 Å². The highest BCUT2D eigenvalue weighted by Crippen LogP contribution is 2.45. The average Bonchev–Trinajstić information content (AvgIpc) is 2.19. The molecule has 0 unspecified atom stereocenters. The first-order valence-electron chi connectivity index (χ1n) is 6.07. The summed E-state index contributed by atoms with van der Waals surface area (Å²) in [6.07, 6.45) is 0. The summed E-state index contributed by atoms with van der Waals surface area (Å²) in [6.45, 7) is 14.4. The Labute approximate surface area is 120 Å². The summed E-state index contributed by atoms with van der Waals surface area (Å²) in [6, 6.07) is 0. The normalized spacial score (nSPS) is 12.1. The summed E-state index contributed by atoms with van der Waals surface area (Å²) in [5.41, 5.74) is 2.78. The average molecular weight is 330 g/mol. The Morgan fingerprint density at radius 2 is 1.61 bits per heavy atom. The van der Waals surface area contributed by atoms with E-state index < -0.39 is 9.04 Å². The Hall–Kier alpha value is -0.483. The van der Waals surface area contributed by atoms with E-state index in [2.05, 4.69) is 49.8 Å². The van der Waals surface area contributed by atoms with Gasteiger partial charge in [-0.25, -0.2) is 0 Å². The molecule has 101 valence electrons. The first-order chi connectivity index (χ1) is 8.07. The topological polar surface area (TPSA) is 29.5 Å². The number of hydrogen-bond donors (Lipinski definition) is 1. The van der Waals surface area contributed by atoms with Gasteiger partial charge in [0.2, 0.25) is 0 Å². The minimum atomic E-state index is -0.853. The van der Waals surface area contributed by atoms with Gasteiger partial charge in [0.15, 0.2) is 0 Å². The third-order valence-electron chi connectivity index (χ3n) is 2.89. The standard InChI is InChI=1S/C14H22BrO2Si/c1-8-10(14(3,4)5)12(16)9(2)13(11(8)15)17-18(6)7/h16H,1-7H3. The maximum absolute atomic E-state index is 10.4. The van der Waals surface area contributed by atoms with Gasteiger partial charge in [0, 0.05) is 11.1 Å². The number of rotatable bonds is 2. The predicted octanol–water partition coefficient (Wildman–Crippen LogP) is 4.70. The van der Waals surface area contributed by atoms with Crippen LogP contribution in [0.4, 0.5) is 0 Å². The van der Waals surface area contributed by atoms with Gasteiger partial charge in [-0.3, -0.25) is 0 Å². The van der Waals surface area contributed by atoms with E-state index in [1.54, 1.807) is 0 Å². The van der Waals surface area contributed by atoms with Crippen LogP contribution in [0.25, 0.3) is 0 Å². The molecule has 1 rings (SSSR count). The van der Waals surface area contributed by atoms with Crippen molar-refractivity contribution in [2.75, 3.05) is 0 Å². The van der Waals surface area contributed by atoms with Gasteiger partial charge in [0.1, 0.15) is 11.5 Å². The number of halogens is 1. The monoisotopic (exact) mass is 329 g/mol. The van der Waals surface area contributed by atoms with Crippen molar-refractivity contribution in [2.24, 2.45) is 0 Å². The Kier molecular flexibility index (Phi) is 4.54. The molecule has 1 aromatic carbocycles. The van der Waals surface area contributed by atoms with Crippen LogP contribution < -0.4 is 4.43 Å². The lowest BCUT2D eigenvalue weighted by Gasteiger charge is -2.27. The molecule has 0 aliphatic carbocycles. The van der Waals surface area contributed by atoms with Gasteiger partial charge in [-0.15, -0.1) is 0 Å². The molecule has 0 aliphatic heterocycles. The van der Waals surface area contributed by atoms with Crippen LogP contribution in [0.1, 0.15) is 37.5 Å². The minimum Gasteiger partial charge on any atom is -0.542 e. The molecule has 1 radical (unpaired) electrons. The molecule has 0 saturated heterocycles. The highest BCUT2D eigenvalue weighted by Gasteiger charge is 2.27. The molecule has 0 aromatic heterocycles. The molecule has 0 heterocycles. The number of phenolic OH excluding ortho intramolecular Hbond substituents is 1. The molecule has 0 atom stereocenters. The predicted molar refractivity (Wildman–Crippen MR) is 82.1 cm³/mol. The summed E-state index contributed by atoms with van der Waals surface area (Å²) in [4.78, 5) is 0. The van der Waals surface area contributed by atoms with Crippen LogP contribution in [0, 0.1) is 13.8 Å². The Morgan fingerprint density at radius 3 is 2.00 bits per heavy atom. The SMILES string of the molecule is Cc1c(O)c(C(C)(C)C)c(C)c(Br)c1O[Si](C)C. The molecule has 0 bridgehead atoms. The fourth-order valence-corrected chi connectivity index (χ4v) is 3.55. The van der Waals surface area contributed by atoms with Crippen LogP contribution in [0.3, 0.4) is 0 Å². The lowest BCUT2D eigenvalue weighted by Crippen LogP contribution is -2.17. The van der Waals surface area contributed by atoms with Crippen LogP contribution in [0.5, 0.6) is 11.5 Å². The molecule has 0 aliphatic rings. The highest BCUT2D eigenvalue weighted by molar-refractivity contribution is 9.10. The second-order valence-corrected chi connectivity index (χ2v) is 8.69. The maximum Gasteiger partial charge on any atom is 0.274 e. The van der Waals surface area contributed by atoms with Crippen molar-refractivity contribution in [2.45, 2.75) is 53.1 Å². The van der Waals surface area contributed by atoms with Gasteiger partial charge >= 0.3 is 0 Å². The van der Waals surface area contributed by atoms with Crippen LogP contribution in [0.15, 0.2) is 4.47 Å². The van der Waals surface area contributed by atoms with E-state index in [4.69, 9.17) is 4.43 Å². The third kappa shape index (κ3) is 2.91. The second kappa shape index (κ2) is 5.25. The zero-order valence-electron chi connectivity index (χ0n) is 12.2. The number of hydrogen-bond acceptors (Lipinski definition) is 2. The van der Waals surface area contributed by atoms with Crippen molar-refractivity contribution in [1.29, 1.82) is 0 Å². The summed E-state index contributed by atoms with van der Waals surface area (Å²) in [5, 5.41) is 10.4. The minimum absolute atomic E-state index is 0.0911. The molecule has 0 spiro atoms. The number of phenols is 1. The smallest absolute Gasteiger partial charge is 0.274 e. The van der Waals surface area contributed by atoms with E-state index >= 15 is 0 Å². The quantitative estimate of drug-likeness (QED) is 0.797. The maximum atomic E-state index is 10.4. The fraction of sp³-hybridized carbons (Fsp3) is 0.571. The molecule has 18 heavy (non-hydrogen) atoms. The Balaban J connectivity index is 3.56. The van der Waals surface area contributed by atoms with Gasteiger partial charge in [0.05, 0.1) is 4.47 Å². The summed E-state index contributed by atoms with van der Waals surface area (Å²) >= 11 is 3.62. The Bertz CT molecular complexity index is 433. The van der Waals surface area contributed by atoms with Crippen LogP contribution in [0.2, 0.25) is 13.1 Å². The van der Waals surface area contributed by atoms with Gasteiger partial charge in [-0.05, 0) is 53.8 Å². The van der Waals surface area contributed by atoms with E-state index in [0.29, 0.717) is 5.75 Å². The van der Waals surface area contributed by atoms with Gasteiger partial charge in [0.25, 0.3) is 9.04 Å². The molecular weight excluding hydrogens is 308 g/mol. The summed E-state index contributed by atoms with van der Waals surface area (Å²) in [7, 11) is -0.853. The lowest BCUT2D eigenvalue weighted by molar-refractivity contribution is 0.435. The molecule has 0 fully saturated rings. The van der Waals surface area contributed by atoms with E-state index in [9.17, 15) is 5.11 Å². The van der Waals surface area contributed by atoms with Crippen molar-refractivity contribution < 1.29 is 9.53 Å². The zero-order chi connectivity index (χ0) is 14.2. The molecule has 0 amide bonds. The summed E-state index contributed by atoms with van der Waals surface area (Å²) in [5.74, 6) is 1.15. The molecular formula is C14H22BrO2Si. The van der Waals surface area contributed by atoms with Crippen molar-refractivity contribution >= 4 is 25.0 Å². The van der Waals surface area contributed by atoms with E-state index in [1.807, 2.05) is 13.8 Å². The van der Waals surface area contributed by atoms with Crippen molar-refractivity contribution in [3.05, 3.63) is 21.2 Å². The fourth-order valence-electron chi connectivity index (χ4n) is 2.16. The van der Waals surface area contributed by atoms with Crippen molar-refractivity contribution in [3.63, 3.8) is 0 Å². The van der Waals surface area contributed by atoms with Crippen molar-refractivity contribution in [1.82, 2.24) is 0 Å². The van der Waals surface area contributed by atoms with Gasteiger partial charge < -0.3 is 9.53 Å². The second-order valence-electron chi connectivity index (χ2n) is 5.88. The van der Waals surface area contributed by atoms with E-state index in [0.717, 1.165) is 26.9 Å². The first-order valence-corrected chi connectivity index (χ1v) is 9.27. The molecule has 4 heteroatoms. The first kappa shape index (κ1) is 15.6. The zero-order valence-corrected chi connectivity index (χ0v) is 14.8. The number of benzene rings is 1. The lowest BCUT2D eigenvalue weighted by atomic mass is 9.82. The van der Waals surface area contributed by atoms with Crippen LogP contribution in [-0.4, -0.2) is 14.1 Å². The van der Waals surface area contributed by atoms with Crippen molar-refractivity contribution in [3.8, 4) is 11.5 Å². The highest BCUT2D eigenvalue weighted by atomic mass is 79.9.